The molecule has 2 aromatic rings. The molecule has 1 N–H and O–H groups in total. The second kappa shape index (κ2) is 10.5. The van der Waals surface area contributed by atoms with Gasteiger partial charge in [0.15, 0.2) is 6.61 Å². The fraction of sp³-hybridized carbons (Fsp3) is 0.364. The van der Waals surface area contributed by atoms with Crippen LogP contribution in [-0.2, 0) is 16.1 Å². The van der Waals surface area contributed by atoms with E-state index in [1.165, 1.54) is 4.90 Å². The minimum Gasteiger partial charge on any atom is -0.483 e. The van der Waals surface area contributed by atoms with Gasteiger partial charge in [-0.1, -0.05) is 53.9 Å². The number of benzene rings is 2. The van der Waals surface area contributed by atoms with Crippen molar-refractivity contribution in [3.8, 4) is 5.75 Å². The molecule has 0 bridgehead atoms. The number of likely N-dealkylation sites (N-methyl/N-ethyl adjacent to an activating group) is 1. The molecular weight excluding hydrogens is 411 g/mol. The van der Waals surface area contributed by atoms with Gasteiger partial charge in [-0.15, -0.1) is 0 Å². The zero-order valence-corrected chi connectivity index (χ0v) is 18.6. The lowest BCUT2D eigenvalue weighted by Gasteiger charge is -2.30. The maximum absolute atomic E-state index is 13.1. The number of nitrogens with one attached hydrogen (secondary N) is 1. The van der Waals surface area contributed by atoms with Gasteiger partial charge in [0, 0.05) is 29.2 Å². The molecule has 0 fully saturated rings. The van der Waals surface area contributed by atoms with Crippen LogP contribution in [0.4, 0.5) is 0 Å². The first-order chi connectivity index (χ1) is 13.8. The van der Waals surface area contributed by atoms with E-state index in [-0.39, 0.29) is 25.0 Å². The zero-order chi connectivity index (χ0) is 21.6. The Morgan fingerprint density at radius 2 is 1.79 bits per heavy atom. The largest absolute Gasteiger partial charge is 0.483 e. The molecule has 0 aliphatic carbocycles. The highest BCUT2D eigenvalue weighted by molar-refractivity contribution is 6.36. The Bertz CT molecular complexity index is 866. The van der Waals surface area contributed by atoms with E-state index in [0.29, 0.717) is 27.8 Å². The van der Waals surface area contributed by atoms with E-state index in [1.807, 2.05) is 39.0 Å². The number of hydrogen-bond acceptors (Lipinski definition) is 3. The Morgan fingerprint density at radius 1 is 1.14 bits per heavy atom. The van der Waals surface area contributed by atoms with Gasteiger partial charge in [-0.2, -0.15) is 0 Å². The van der Waals surface area contributed by atoms with Crippen molar-refractivity contribution in [1.82, 2.24) is 10.2 Å². The van der Waals surface area contributed by atoms with Crippen LogP contribution in [0.1, 0.15) is 30.0 Å². The molecule has 2 amide bonds. The lowest BCUT2D eigenvalue weighted by Crippen LogP contribution is -2.49. The van der Waals surface area contributed by atoms with E-state index in [4.69, 9.17) is 27.9 Å². The molecule has 7 heteroatoms. The minimum absolute atomic E-state index is 0.111. The third-order valence-electron chi connectivity index (χ3n) is 4.70. The van der Waals surface area contributed by atoms with E-state index >= 15 is 0 Å². The normalized spacial score (nSPS) is 11.7. The Hall–Kier alpha value is -2.24. The topological polar surface area (TPSA) is 58.6 Å². The standard InChI is InChI=1S/C22H26Cl2N2O3/c1-5-19(22(28)25-4)26(12-16-17(23)7-6-8-18(16)24)21(27)13-29-20-10-9-14(2)11-15(20)3/h6-11,19H,5,12-13H2,1-4H3,(H,25,28)/t19-/m0/s1. The van der Waals surface area contributed by atoms with Crippen LogP contribution in [0.15, 0.2) is 36.4 Å². The summed E-state index contributed by atoms with van der Waals surface area (Å²) in [5.74, 6) is 0.0552. The van der Waals surface area contributed by atoms with Crippen molar-refractivity contribution in [2.24, 2.45) is 0 Å². The number of hydrogen-bond donors (Lipinski definition) is 1. The van der Waals surface area contributed by atoms with E-state index in [0.717, 1.165) is 11.1 Å². The van der Waals surface area contributed by atoms with Crippen LogP contribution in [0, 0.1) is 13.8 Å². The highest BCUT2D eigenvalue weighted by atomic mass is 35.5. The first kappa shape index (κ1) is 23.0. The third kappa shape index (κ3) is 5.87. The molecule has 0 unspecified atom stereocenters. The van der Waals surface area contributed by atoms with Gasteiger partial charge in [0.05, 0.1) is 0 Å². The van der Waals surface area contributed by atoms with Gasteiger partial charge in [-0.05, 0) is 44.0 Å². The van der Waals surface area contributed by atoms with Crippen molar-refractivity contribution >= 4 is 35.0 Å². The summed E-state index contributed by atoms with van der Waals surface area (Å²) in [4.78, 5) is 26.9. The van der Waals surface area contributed by atoms with Gasteiger partial charge in [-0.25, -0.2) is 0 Å². The Labute approximate surface area is 181 Å². The Balaban J connectivity index is 2.28. The van der Waals surface area contributed by atoms with E-state index in [9.17, 15) is 9.59 Å². The molecule has 0 saturated carbocycles. The average Bonchev–Trinajstić information content (AvgIpc) is 2.68. The maximum Gasteiger partial charge on any atom is 0.261 e. The van der Waals surface area contributed by atoms with Crippen molar-refractivity contribution in [3.05, 3.63) is 63.1 Å². The number of carbonyl (C=O) groups is 2. The molecule has 2 rings (SSSR count). The average molecular weight is 437 g/mol. The Kier molecular flexibility index (Phi) is 8.35. The van der Waals surface area contributed by atoms with Gasteiger partial charge in [0.25, 0.3) is 5.91 Å². The fourth-order valence-corrected chi connectivity index (χ4v) is 3.64. The molecule has 156 valence electrons. The molecule has 2 aromatic carbocycles. The molecule has 5 nitrogen and oxygen atoms in total. The summed E-state index contributed by atoms with van der Waals surface area (Å²) in [6.07, 6.45) is 0.442. The van der Waals surface area contributed by atoms with Crippen LogP contribution in [0.2, 0.25) is 10.0 Å². The number of nitrogens with zero attached hydrogens (tertiary/aromatic N) is 1. The van der Waals surface area contributed by atoms with Crippen LogP contribution in [-0.4, -0.2) is 36.4 Å². The summed E-state index contributed by atoms with van der Waals surface area (Å²) in [5, 5.41) is 3.50. The number of aryl methyl sites for hydroxylation is 2. The van der Waals surface area contributed by atoms with Gasteiger partial charge in [0.1, 0.15) is 11.8 Å². The highest BCUT2D eigenvalue weighted by Crippen LogP contribution is 2.27. The monoisotopic (exact) mass is 436 g/mol. The maximum atomic E-state index is 13.1. The van der Waals surface area contributed by atoms with Gasteiger partial charge in [-0.3, -0.25) is 9.59 Å². The van der Waals surface area contributed by atoms with Gasteiger partial charge in [0.2, 0.25) is 5.91 Å². The van der Waals surface area contributed by atoms with Crippen LogP contribution in [0.3, 0.4) is 0 Å². The second-order valence-corrected chi connectivity index (χ2v) is 7.63. The minimum atomic E-state index is -0.664. The first-order valence-corrected chi connectivity index (χ1v) is 10.2. The number of ether oxygens (including phenoxy) is 1. The fourth-order valence-electron chi connectivity index (χ4n) is 3.12. The predicted octanol–water partition coefficient (Wildman–Crippen LogP) is 4.54. The summed E-state index contributed by atoms with van der Waals surface area (Å²) < 4.78 is 5.75. The molecule has 29 heavy (non-hydrogen) atoms. The molecule has 0 aromatic heterocycles. The summed E-state index contributed by atoms with van der Waals surface area (Å²) >= 11 is 12.6. The van der Waals surface area contributed by atoms with Gasteiger partial charge < -0.3 is 15.0 Å². The van der Waals surface area contributed by atoms with Crippen molar-refractivity contribution in [1.29, 1.82) is 0 Å². The molecule has 0 aliphatic heterocycles. The van der Waals surface area contributed by atoms with Crippen molar-refractivity contribution in [2.45, 2.75) is 39.8 Å². The predicted molar refractivity (Wildman–Crippen MR) is 117 cm³/mol. The van der Waals surface area contributed by atoms with E-state index in [1.54, 1.807) is 25.2 Å². The van der Waals surface area contributed by atoms with Gasteiger partial charge >= 0.3 is 0 Å². The molecule has 1 atom stereocenters. The molecule has 0 heterocycles. The second-order valence-electron chi connectivity index (χ2n) is 6.82. The third-order valence-corrected chi connectivity index (χ3v) is 5.41. The van der Waals surface area contributed by atoms with Crippen molar-refractivity contribution in [2.75, 3.05) is 13.7 Å². The molecule has 0 spiro atoms. The smallest absolute Gasteiger partial charge is 0.261 e. The number of amides is 2. The van der Waals surface area contributed by atoms with Crippen LogP contribution < -0.4 is 10.1 Å². The molecular formula is C22H26Cl2N2O3. The Morgan fingerprint density at radius 3 is 2.34 bits per heavy atom. The summed E-state index contributed by atoms with van der Waals surface area (Å²) in [5.41, 5.74) is 2.65. The zero-order valence-electron chi connectivity index (χ0n) is 17.1. The SMILES string of the molecule is CC[C@@H](C(=O)NC)N(Cc1c(Cl)cccc1Cl)C(=O)COc1ccc(C)cc1C. The lowest BCUT2D eigenvalue weighted by atomic mass is 10.1. The molecule has 0 radical (unpaired) electrons. The lowest BCUT2D eigenvalue weighted by molar-refractivity contribution is -0.142. The highest BCUT2D eigenvalue weighted by Gasteiger charge is 2.29. The number of rotatable bonds is 8. The summed E-state index contributed by atoms with van der Waals surface area (Å²) in [6, 6.07) is 10.2. The molecule has 0 aliphatic rings. The number of carbonyl (C=O) groups excluding carboxylic acids is 2. The quantitative estimate of drug-likeness (QED) is 0.660. The van der Waals surface area contributed by atoms with E-state index in [2.05, 4.69) is 5.32 Å². The summed E-state index contributed by atoms with van der Waals surface area (Å²) in [6.45, 7) is 5.68. The summed E-state index contributed by atoms with van der Waals surface area (Å²) in [7, 11) is 1.54. The van der Waals surface area contributed by atoms with Crippen molar-refractivity contribution < 1.29 is 14.3 Å². The van der Waals surface area contributed by atoms with E-state index < -0.39 is 6.04 Å². The van der Waals surface area contributed by atoms with Crippen LogP contribution in [0.25, 0.3) is 0 Å². The van der Waals surface area contributed by atoms with Crippen LogP contribution >= 0.6 is 23.2 Å². The first-order valence-electron chi connectivity index (χ1n) is 9.42. The van der Waals surface area contributed by atoms with Crippen molar-refractivity contribution in [3.63, 3.8) is 0 Å². The molecule has 0 saturated heterocycles. The van der Waals surface area contributed by atoms with Crippen LogP contribution in [0.5, 0.6) is 5.75 Å². The number of halogens is 2.